The molecule has 1 fully saturated rings. The zero-order valence-electron chi connectivity index (χ0n) is 20.1. The Morgan fingerprint density at radius 3 is 2.29 bits per heavy atom. The molecule has 2 aromatic rings. The average Bonchev–Trinajstić information content (AvgIpc) is 2.89. The zero-order chi connectivity index (χ0) is 24.2. The van der Waals surface area contributed by atoms with Crippen LogP contribution in [0.15, 0.2) is 83.8 Å². The number of amidine groups is 1. The largest absolute Gasteiger partial charge is 0.457 e. The minimum absolute atomic E-state index is 0.167. The maximum Gasteiger partial charge on any atom is 0.219 e. The molecule has 1 unspecified atom stereocenters. The van der Waals surface area contributed by atoms with Crippen LogP contribution in [0.4, 0.5) is 0 Å². The van der Waals surface area contributed by atoms with Crippen LogP contribution in [0.3, 0.4) is 0 Å². The number of nitrogens with two attached hydrogens (primary N) is 1. The Morgan fingerprint density at radius 2 is 1.66 bits per heavy atom. The Hall–Kier alpha value is -3.42. The first-order valence-corrected chi connectivity index (χ1v) is 12.4. The summed E-state index contributed by atoms with van der Waals surface area (Å²) in [6, 6.07) is 17.2. The molecule has 3 aliphatic heterocycles. The van der Waals surface area contributed by atoms with Gasteiger partial charge in [0.15, 0.2) is 0 Å². The third-order valence-electron chi connectivity index (χ3n) is 6.98. The maximum atomic E-state index is 6.43. The Kier molecular flexibility index (Phi) is 6.97. The molecule has 7 nitrogen and oxygen atoms in total. The van der Waals surface area contributed by atoms with Crippen molar-refractivity contribution in [1.82, 2.24) is 15.2 Å². The Balaban J connectivity index is 1.23. The van der Waals surface area contributed by atoms with Crippen molar-refractivity contribution in [3.8, 4) is 11.5 Å². The summed E-state index contributed by atoms with van der Waals surface area (Å²) in [5.74, 6) is 10.2. The molecule has 3 aliphatic rings. The van der Waals surface area contributed by atoms with Gasteiger partial charge in [0.05, 0.1) is 0 Å². The van der Waals surface area contributed by atoms with Gasteiger partial charge in [-0.3, -0.25) is 5.01 Å². The Labute approximate surface area is 207 Å². The molecule has 3 N–H and O–H groups in total. The lowest BCUT2D eigenvalue weighted by molar-refractivity contribution is 0.222. The average molecular weight is 471 g/mol. The second-order valence-corrected chi connectivity index (χ2v) is 9.26. The monoisotopic (exact) mass is 470 g/mol. The van der Waals surface area contributed by atoms with Crippen molar-refractivity contribution in [1.29, 1.82) is 0 Å². The second kappa shape index (κ2) is 10.5. The molecule has 2 aromatic carbocycles. The molecule has 0 amide bonds. The van der Waals surface area contributed by atoms with Crippen molar-refractivity contribution >= 4 is 11.8 Å². The molecule has 1 saturated heterocycles. The van der Waals surface area contributed by atoms with Gasteiger partial charge in [-0.05, 0) is 25.0 Å². The second-order valence-electron chi connectivity index (χ2n) is 9.26. The number of hydrazine groups is 1. The molecule has 0 radical (unpaired) electrons. The van der Waals surface area contributed by atoms with Crippen molar-refractivity contribution in [2.45, 2.75) is 43.8 Å². The molecule has 0 spiro atoms. The van der Waals surface area contributed by atoms with E-state index in [2.05, 4.69) is 64.8 Å². The highest BCUT2D eigenvalue weighted by Crippen LogP contribution is 2.43. The fraction of sp³-hybridized carbons (Fsp3) is 0.357. The van der Waals surface area contributed by atoms with E-state index in [1.54, 1.807) is 5.01 Å². The van der Waals surface area contributed by atoms with Crippen LogP contribution in [0.25, 0.3) is 0 Å². The highest BCUT2D eigenvalue weighted by molar-refractivity contribution is 5.98. The van der Waals surface area contributed by atoms with Crippen LogP contribution in [-0.2, 0) is 0 Å². The van der Waals surface area contributed by atoms with Crippen LogP contribution in [0.5, 0.6) is 11.5 Å². The Morgan fingerprint density at radius 1 is 1.00 bits per heavy atom. The van der Waals surface area contributed by atoms with Crippen LogP contribution in [0, 0.1) is 0 Å². The number of likely N-dealkylation sites (tertiary alicyclic amines) is 1. The van der Waals surface area contributed by atoms with E-state index in [1.165, 1.54) is 11.1 Å². The fourth-order valence-electron chi connectivity index (χ4n) is 5.14. The third-order valence-corrected chi connectivity index (χ3v) is 6.98. The summed E-state index contributed by atoms with van der Waals surface area (Å²) in [6.45, 7) is 10.4. The lowest BCUT2D eigenvalue weighted by Crippen LogP contribution is -2.57. The lowest BCUT2D eigenvalue weighted by atomic mass is 9.87. The van der Waals surface area contributed by atoms with Crippen molar-refractivity contribution in [3.63, 3.8) is 0 Å². The smallest absolute Gasteiger partial charge is 0.219 e. The van der Waals surface area contributed by atoms with Crippen LogP contribution in [0.2, 0.25) is 0 Å². The number of nitrogens with one attached hydrogen (secondary N) is 1. The van der Waals surface area contributed by atoms with Crippen molar-refractivity contribution in [2.24, 2.45) is 15.8 Å². The summed E-state index contributed by atoms with van der Waals surface area (Å²) in [7, 11) is 0. The first-order valence-electron chi connectivity index (χ1n) is 12.4. The predicted molar refractivity (Wildman–Crippen MR) is 142 cm³/mol. The van der Waals surface area contributed by atoms with Gasteiger partial charge >= 0.3 is 0 Å². The molecule has 182 valence electrons. The summed E-state index contributed by atoms with van der Waals surface area (Å²) in [4.78, 5) is 11.7. The van der Waals surface area contributed by atoms with Gasteiger partial charge in [-0.25, -0.2) is 10.8 Å². The first-order chi connectivity index (χ1) is 17.2. The molecule has 0 bridgehead atoms. The van der Waals surface area contributed by atoms with Gasteiger partial charge in [0.2, 0.25) is 5.96 Å². The SMILES string of the molecule is C=CCC1=NC(CC=C)N(N)C(N2CCC(NCC3c4ccccc4Oc4ccccc43)CC2)=N1. The standard InChI is InChI=1S/C28H34N6O/c1-3-9-26-31-27(10-4-2)34(29)28(32-26)33-17-15-20(16-18-33)30-19-23-21-11-5-7-13-24(21)35-25-14-8-6-12-22(23)25/h3-8,11-14,20,23,27,30H,1-2,9-10,15-19,29H2. The van der Waals surface area contributed by atoms with E-state index in [0.717, 1.165) is 55.8 Å². The lowest BCUT2D eigenvalue weighted by Gasteiger charge is -2.40. The number of benzene rings is 2. The van der Waals surface area contributed by atoms with E-state index in [-0.39, 0.29) is 12.1 Å². The number of aliphatic imine (C=N–C) groups is 2. The van der Waals surface area contributed by atoms with Gasteiger partial charge < -0.3 is 15.0 Å². The molecule has 3 heterocycles. The summed E-state index contributed by atoms with van der Waals surface area (Å²) in [6.07, 6.45) is 6.89. The van der Waals surface area contributed by atoms with Crippen LogP contribution < -0.4 is 15.9 Å². The molecule has 35 heavy (non-hydrogen) atoms. The molecule has 0 aromatic heterocycles. The molecule has 7 heteroatoms. The number of hydrogen-bond donors (Lipinski definition) is 2. The van der Waals surface area contributed by atoms with Gasteiger partial charge in [0, 0.05) is 55.6 Å². The fourth-order valence-corrected chi connectivity index (χ4v) is 5.14. The predicted octanol–water partition coefficient (Wildman–Crippen LogP) is 4.40. The van der Waals surface area contributed by atoms with Crippen LogP contribution in [-0.4, -0.2) is 53.5 Å². The maximum absolute atomic E-state index is 6.43. The number of nitrogens with zero attached hydrogens (tertiary/aromatic N) is 4. The third kappa shape index (κ3) is 4.88. The minimum Gasteiger partial charge on any atom is -0.457 e. The molecule has 0 aliphatic carbocycles. The topological polar surface area (TPSA) is 78.5 Å². The van der Waals surface area contributed by atoms with Crippen molar-refractivity contribution in [3.05, 3.63) is 85.0 Å². The molecular weight excluding hydrogens is 436 g/mol. The number of guanidine groups is 1. The van der Waals surface area contributed by atoms with Gasteiger partial charge in [0.1, 0.15) is 23.5 Å². The number of rotatable bonds is 7. The molecule has 1 atom stereocenters. The summed E-state index contributed by atoms with van der Waals surface area (Å²) < 4.78 is 6.16. The first kappa shape index (κ1) is 23.3. The summed E-state index contributed by atoms with van der Waals surface area (Å²) in [5, 5.41) is 5.54. The molecular formula is C28H34N6O. The normalized spacial score (nSPS) is 20.3. The Bertz CT molecular complexity index is 1090. The van der Waals surface area contributed by atoms with E-state index in [1.807, 2.05) is 24.3 Å². The highest BCUT2D eigenvalue weighted by atomic mass is 16.5. The van der Waals surface area contributed by atoms with E-state index in [0.29, 0.717) is 18.9 Å². The van der Waals surface area contributed by atoms with Crippen LogP contribution >= 0.6 is 0 Å². The van der Waals surface area contributed by atoms with Gasteiger partial charge in [-0.15, -0.1) is 13.2 Å². The number of hydrogen-bond acceptors (Lipinski definition) is 7. The molecule has 0 saturated carbocycles. The van der Waals surface area contributed by atoms with Gasteiger partial charge in [0.25, 0.3) is 0 Å². The van der Waals surface area contributed by atoms with Crippen LogP contribution in [0.1, 0.15) is 42.7 Å². The summed E-state index contributed by atoms with van der Waals surface area (Å²) >= 11 is 0. The number of ether oxygens (including phenoxy) is 1. The van der Waals surface area contributed by atoms with E-state index in [9.17, 15) is 0 Å². The minimum atomic E-state index is -0.167. The van der Waals surface area contributed by atoms with E-state index in [4.69, 9.17) is 15.6 Å². The number of fused-ring (bicyclic) bond motifs is 2. The van der Waals surface area contributed by atoms with E-state index < -0.39 is 0 Å². The van der Waals surface area contributed by atoms with Crippen molar-refractivity contribution < 1.29 is 4.74 Å². The highest BCUT2D eigenvalue weighted by Gasteiger charge is 2.31. The number of piperidine rings is 1. The van der Waals surface area contributed by atoms with Gasteiger partial charge in [-0.1, -0.05) is 48.6 Å². The summed E-state index contributed by atoms with van der Waals surface area (Å²) in [5.41, 5.74) is 2.49. The van der Waals surface area contributed by atoms with Crippen molar-refractivity contribution in [2.75, 3.05) is 19.6 Å². The number of para-hydroxylation sites is 2. The zero-order valence-corrected chi connectivity index (χ0v) is 20.1. The van der Waals surface area contributed by atoms with E-state index >= 15 is 0 Å². The quantitative estimate of drug-likeness (QED) is 0.463. The molecule has 5 rings (SSSR count). The van der Waals surface area contributed by atoms with Gasteiger partial charge in [-0.2, -0.15) is 4.99 Å².